The second-order valence-corrected chi connectivity index (χ2v) is 11.6. The van der Waals surface area contributed by atoms with Gasteiger partial charge in [0, 0.05) is 55.6 Å². The van der Waals surface area contributed by atoms with Crippen LogP contribution >= 0.6 is 11.6 Å². The number of phenolic OH excluding ortho intramolecular Hbond substituents is 1. The van der Waals surface area contributed by atoms with Crippen LogP contribution in [0.15, 0.2) is 48.5 Å². The molecular weight excluding hydrogens is 510 g/mol. The molecule has 206 valence electrons. The Hall–Kier alpha value is -3.01. The Kier molecular flexibility index (Phi) is 8.79. The zero-order valence-electron chi connectivity index (χ0n) is 22.6. The maximum atomic E-state index is 13.1. The van der Waals surface area contributed by atoms with Gasteiger partial charge < -0.3 is 20.2 Å². The summed E-state index contributed by atoms with van der Waals surface area (Å²) in [5.74, 6) is 6.91. The molecule has 0 spiro atoms. The zero-order chi connectivity index (χ0) is 27.4. The number of amides is 2. The largest absolute Gasteiger partial charge is 0.508 e. The van der Waals surface area contributed by atoms with Crippen molar-refractivity contribution in [1.82, 2.24) is 15.1 Å². The molecule has 5 rings (SSSR count). The molecule has 2 aromatic rings. The highest BCUT2D eigenvalue weighted by molar-refractivity contribution is 6.30. The minimum atomic E-state index is -0.180. The molecule has 7 heteroatoms. The molecule has 1 aliphatic carbocycles. The van der Waals surface area contributed by atoms with Gasteiger partial charge in [-0.2, -0.15) is 0 Å². The maximum absolute atomic E-state index is 13.1. The molecule has 2 N–H and O–H groups in total. The third-order valence-corrected chi connectivity index (χ3v) is 8.85. The van der Waals surface area contributed by atoms with Crippen LogP contribution in [-0.2, 0) is 9.59 Å². The second kappa shape index (κ2) is 12.4. The van der Waals surface area contributed by atoms with Crippen molar-refractivity contribution in [2.24, 2.45) is 5.92 Å². The molecular formula is C32H38ClN3O3. The summed E-state index contributed by atoms with van der Waals surface area (Å²) in [6.07, 6.45) is 5.19. The Morgan fingerprint density at radius 3 is 2.31 bits per heavy atom. The van der Waals surface area contributed by atoms with Crippen molar-refractivity contribution in [3.05, 3.63) is 64.7 Å². The lowest BCUT2D eigenvalue weighted by Gasteiger charge is -2.42. The number of phenols is 1. The molecule has 2 heterocycles. The van der Waals surface area contributed by atoms with E-state index in [2.05, 4.69) is 27.0 Å². The Balaban J connectivity index is 1.03. The molecule has 6 nitrogen and oxygen atoms in total. The van der Waals surface area contributed by atoms with E-state index < -0.39 is 0 Å². The summed E-state index contributed by atoms with van der Waals surface area (Å²) < 4.78 is 0. The quantitative estimate of drug-likeness (QED) is 0.483. The van der Waals surface area contributed by atoms with Gasteiger partial charge >= 0.3 is 0 Å². The molecule has 39 heavy (non-hydrogen) atoms. The van der Waals surface area contributed by atoms with Crippen LogP contribution in [0, 0.1) is 17.8 Å². The predicted molar refractivity (Wildman–Crippen MR) is 154 cm³/mol. The Morgan fingerprint density at radius 1 is 1.00 bits per heavy atom. The van der Waals surface area contributed by atoms with Gasteiger partial charge in [0.1, 0.15) is 5.75 Å². The molecule has 3 fully saturated rings. The summed E-state index contributed by atoms with van der Waals surface area (Å²) >= 11 is 6.01. The molecule has 3 atom stereocenters. The number of hydrogen-bond acceptors (Lipinski definition) is 4. The van der Waals surface area contributed by atoms with E-state index in [1.54, 1.807) is 19.1 Å². The van der Waals surface area contributed by atoms with Crippen LogP contribution < -0.4 is 5.32 Å². The molecule has 1 saturated carbocycles. The van der Waals surface area contributed by atoms with Gasteiger partial charge in [0.2, 0.25) is 11.8 Å². The van der Waals surface area contributed by atoms with Crippen LogP contribution in [0.4, 0.5) is 0 Å². The maximum Gasteiger partial charge on any atom is 0.226 e. The van der Waals surface area contributed by atoms with Crippen LogP contribution in [-0.4, -0.2) is 65.0 Å². The number of hydrogen-bond donors (Lipinski definition) is 2. The summed E-state index contributed by atoms with van der Waals surface area (Å²) in [6.45, 7) is 5.40. The smallest absolute Gasteiger partial charge is 0.226 e. The summed E-state index contributed by atoms with van der Waals surface area (Å²) in [5, 5.41) is 13.5. The normalized spacial score (nSPS) is 23.0. The van der Waals surface area contributed by atoms with Crippen molar-refractivity contribution in [2.45, 2.75) is 69.4 Å². The Morgan fingerprint density at radius 2 is 1.67 bits per heavy atom. The number of benzene rings is 2. The summed E-state index contributed by atoms with van der Waals surface area (Å²) in [6, 6.07) is 15.5. The topological polar surface area (TPSA) is 72.9 Å². The van der Waals surface area contributed by atoms with Crippen molar-refractivity contribution < 1.29 is 14.7 Å². The van der Waals surface area contributed by atoms with E-state index in [4.69, 9.17) is 11.6 Å². The lowest BCUT2D eigenvalue weighted by Crippen LogP contribution is -2.52. The average Bonchev–Trinajstić information content (AvgIpc) is 3.75. The van der Waals surface area contributed by atoms with Gasteiger partial charge in [0.05, 0.1) is 5.92 Å². The molecule has 2 saturated heterocycles. The van der Waals surface area contributed by atoms with Crippen molar-refractivity contribution in [2.75, 3.05) is 26.2 Å². The molecule has 3 aliphatic rings. The first-order valence-electron chi connectivity index (χ1n) is 14.2. The SMILES string of the molecule is CC#C[C@@H](CC(=O)NC1CCN(C2CCN(C(=O)C3CC3c3ccc(Cl)cc3)CC2)CC1)c1ccc(O)cc1. The van der Waals surface area contributed by atoms with Gasteiger partial charge in [0.15, 0.2) is 0 Å². The predicted octanol–water partition coefficient (Wildman–Crippen LogP) is 4.92. The van der Waals surface area contributed by atoms with Gasteiger partial charge in [0.25, 0.3) is 0 Å². The van der Waals surface area contributed by atoms with Gasteiger partial charge in [-0.15, -0.1) is 5.92 Å². The first-order chi connectivity index (χ1) is 18.9. The van der Waals surface area contributed by atoms with E-state index >= 15 is 0 Å². The molecule has 0 radical (unpaired) electrons. The fourth-order valence-electron chi connectivity index (χ4n) is 6.25. The van der Waals surface area contributed by atoms with Crippen molar-refractivity contribution in [3.8, 4) is 17.6 Å². The number of piperidine rings is 2. The average molecular weight is 548 g/mol. The van der Waals surface area contributed by atoms with E-state index in [9.17, 15) is 14.7 Å². The Labute approximate surface area is 236 Å². The molecule has 2 amide bonds. The van der Waals surface area contributed by atoms with Gasteiger partial charge in [-0.1, -0.05) is 41.8 Å². The Bertz CT molecular complexity index is 1200. The van der Waals surface area contributed by atoms with Crippen molar-refractivity contribution in [3.63, 3.8) is 0 Å². The van der Waals surface area contributed by atoms with Crippen LogP contribution in [0.25, 0.3) is 0 Å². The fourth-order valence-corrected chi connectivity index (χ4v) is 6.37. The van der Waals surface area contributed by atoms with E-state index in [1.165, 1.54) is 5.56 Å². The third kappa shape index (κ3) is 6.96. The number of rotatable bonds is 7. The van der Waals surface area contributed by atoms with Crippen molar-refractivity contribution in [1.29, 1.82) is 0 Å². The van der Waals surface area contributed by atoms with E-state index in [1.807, 2.05) is 36.4 Å². The number of likely N-dealkylation sites (tertiary alicyclic amines) is 2. The first kappa shape index (κ1) is 27.6. The van der Waals surface area contributed by atoms with Gasteiger partial charge in [-0.25, -0.2) is 0 Å². The minimum absolute atomic E-state index is 0.0260. The second-order valence-electron chi connectivity index (χ2n) is 11.2. The standard InChI is InChI=1S/C32H38ClN3O3/c1-2-3-24(22-6-10-28(37)11-7-22)20-31(38)34-26-12-16-35(17-13-26)27-14-18-36(19-15-27)32(39)30-21-29(30)23-4-8-25(33)9-5-23/h4-11,24,26-27,29-30,37H,12-21H2,1H3,(H,34,38)/t24-,29?,30?/m0/s1. The highest BCUT2D eigenvalue weighted by Crippen LogP contribution is 2.49. The lowest BCUT2D eigenvalue weighted by molar-refractivity contribution is -0.134. The zero-order valence-corrected chi connectivity index (χ0v) is 23.4. The van der Waals surface area contributed by atoms with Gasteiger partial charge in [-0.05, 0) is 80.3 Å². The highest BCUT2D eigenvalue weighted by Gasteiger charge is 2.46. The van der Waals surface area contributed by atoms with Crippen LogP contribution in [0.3, 0.4) is 0 Å². The summed E-state index contributed by atoms with van der Waals surface area (Å²) in [4.78, 5) is 30.5. The molecule has 0 aromatic heterocycles. The fraction of sp³-hybridized carbons (Fsp3) is 0.500. The van der Waals surface area contributed by atoms with E-state index in [0.717, 1.165) is 68.9 Å². The highest BCUT2D eigenvalue weighted by atomic mass is 35.5. The van der Waals surface area contributed by atoms with Crippen LogP contribution in [0.5, 0.6) is 5.75 Å². The number of carbonyl (C=O) groups is 2. The number of aromatic hydroxyl groups is 1. The first-order valence-corrected chi connectivity index (χ1v) is 14.6. The molecule has 2 unspecified atom stereocenters. The van der Waals surface area contributed by atoms with E-state index in [0.29, 0.717) is 24.3 Å². The number of nitrogens with zero attached hydrogens (tertiary/aromatic N) is 2. The lowest BCUT2D eigenvalue weighted by atomic mass is 9.94. The number of halogens is 1. The number of nitrogens with one attached hydrogen (secondary N) is 1. The third-order valence-electron chi connectivity index (χ3n) is 8.60. The minimum Gasteiger partial charge on any atom is -0.508 e. The molecule has 2 aromatic carbocycles. The monoisotopic (exact) mass is 547 g/mol. The van der Waals surface area contributed by atoms with Crippen LogP contribution in [0.1, 0.15) is 68.4 Å². The van der Waals surface area contributed by atoms with E-state index in [-0.39, 0.29) is 29.5 Å². The number of carbonyl (C=O) groups excluding carboxylic acids is 2. The molecule has 0 bridgehead atoms. The summed E-state index contributed by atoms with van der Waals surface area (Å²) in [5.41, 5.74) is 2.16. The van der Waals surface area contributed by atoms with Crippen molar-refractivity contribution >= 4 is 23.4 Å². The molecule has 2 aliphatic heterocycles. The van der Waals surface area contributed by atoms with Crippen LogP contribution in [0.2, 0.25) is 5.02 Å². The summed E-state index contributed by atoms with van der Waals surface area (Å²) in [7, 11) is 0. The van der Waals surface area contributed by atoms with Gasteiger partial charge in [-0.3, -0.25) is 9.59 Å².